The second-order valence-corrected chi connectivity index (χ2v) is 3.40. The van der Waals surface area contributed by atoms with Crippen molar-refractivity contribution in [3.05, 3.63) is 22.8 Å². The van der Waals surface area contributed by atoms with Crippen LogP contribution in [-0.4, -0.2) is 18.6 Å². The van der Waals surface area contributed by atoms with Gasteiger partial charge in [0.1, 0.15) is 0 Å². The van der Waals surface area contributed by atoms with Crippen molar-refractivity contribution < 1.29 is 4.74 Å². The molecule has 1 heterocycles. The van der Waals surface area contributed by atoms with E-state index in [0.29, 0.717) is 17.5 Å². The van der Waals surface area contributed by atoms with Gasteiger partial charge in [0.05, 0.1) is 11.6 Å². The maximum atomic E-state index is 5.95. The van der Waals surface area contributed by atoms with E-state index in [1.165, 1.54) is 0 Å². The Morgan fingerprint density at radius 2 is 2.36 bits per heavy atom. The lowest BCUT2D eigenvalue weighted by Gasteiger charge is -2.07. The third-order valence-electron chi connectivity index (χ3n) is 1.73. The van der Waals surface area contributed by atoms with Crippen molar-refractivity contribution in [2.75, 3.05) is 13.7 Å². The number of pyridine rings is 1. The van der Waals surface area contributed by atoms with Crippen LogP contribution in [0.3, 0.4) is 0 Å². The van der Waals surface area contributed by atoms with Crippen molar-refractivity contribution in [2.45, 2.75) is 19.9 Å². The van der Waals surface area contributed by atoms with Gasteiger partial charge in [-0.15, -0.1) is 0 Å². The minimum atomic E-state index is 0.640. The fourth-order valence-corrected chi connectivity index (χ4v) is 1.24. The molecule has 0 aliphatic heterocycles. The Labute approximate surface area is 89.4 Å². The number of aromatic nitrogens is 1. The molecule has 0 atom stereocenters. The second-order valence-electron chi connectivity index (χ2n) is 2.99. The summed E-state index contributed by atoms with van der Waals surface area (Å²) >= 11 is 5.95. The van der Waals surface area contributed by atoms with Gasteiger partial charge in [0.25, 0.3) is 0 Å². The normalized spacial score (nSPS) is 10.2. The number of ether oxygens (including phenoxy) is 1. The molecule has 14 heavy (non-hydrogen) atoms. The highest BCUT2D eigenvalue weighted by atomic mass is 35.5. The maximum absolute atomic E-state index is 5.95. The van der Waals surface area contributed by atoms with Crippen LogP contribution in [0.2, 0.25) is 5.02 Å². The Balaban J connectivity index is 2.72. The zero-order chi connectivity index (χ0) is 10.4. The van der Waals surface area contributed by atoms with Crippen LogP contribution in [0, 0.1) is 0 Å². The van der Waals surface area contributed by atoms with Crippen molar-refractivity contribution in [2.24, 2.45) is 0 Å². The van der Waals surface area contributed by atoms with Gasteiger partial charge in [-0.3, -0.25) is 0 Å². The molecule has 1 rings (SSSR count). The lowest BCUT2D eigenvalue weighted by molar-refractivity contribution is 0.305. The van der Waals surface area contributed by atoms with E-state index in [4.69, 9.17) is 16.3 Å². The summed E-state index contributed by atoms with van der Waals surface area (Å²) in [6.45, 7) is 3.47. The molecule has 3 nitrogen and oxygen atoms in total. The number of rotatable bonds is 5. The van der Waals surface area contributed by atoms with Gasteiger partial charge in [0, 0.05) is 18.8 Å². The van der Waals surface area contributed by atoms with Gasteiger partial charge < -0.3 is 10.1 Å². The van der Waals surface area contributed by atoms with E-state index < -0.39 is 0 Å². The molecule has 0 aliphatic carbocycles. The SMILES string of the molecule is CCCOc1cc(CNC)c(Cl)cn1. The Morgan fingerprint density at radius 3 is 3.00 bits per heavy atom. The third-order valence-corrected chi connectivity index (χ3v) is 2.07. The highest BCUT2D eigenvalue weighted by Gasteiger charge is 2.02. The Kier molecular flexibility index (Phi) is 4.70. The van der Waals surface area contributed by atoms with Crippen LogP contribution in [0.4, 0.5) is 0 Å². The number of halogens is 1. The Hall–Kier alpha value is -0.800. The van der Waals surface area contributed by atoms with Crippen LogP contribution in [-0.2, 0) is 6.54 Å². The summed E-state index contributed by atoms with van der Waals surface area (Å²) in [7, 11) is 1.88. The molecule has 0 spiro atoms. The van der Waals surface area contributed by atoms with Crippen LogP contribution < -0.4 is 10.1 Å². The largest absolute Gasteiger partial charge is 0.478 e. The average molecular weight is 215 g/mol. The molecule has 4 heteroatoms. The van der Waals surface area contributed by atoms with Crippen LogP contribution in [0.5, 0.6) is 5.88 Å². The fraction of sp³-hybridized carbons (Fsp3) is 0.500. The van der Waals surface area contributed by atoms with Crippen molar-refractivity contribution in [3.8, 4) is 5.88 Å². The Bertz CT molecular complexity index is 291. The van der Waals surface area contributed by atoms with Gasteiger partial charge in [-0.25, -0.2) is 4.98 Å². The van der Waals surface area contributed by atoms with Gasteiger partial charge in [0.15, 0.2) is 0 Å². The smallest absolute Gasteiger partial charge is 0.213 e. The van der Waals surface area contributed by atoms with Crippen molar-refractivity contribution in [1.29, 1.82) is 0 Å². The van der Waals surface area contributed by atoms with E-state index in [0.717, 1.165) is 18.5 Å². The predicted molar refractivity (Wildman–Crippen MR) is 57.8 cm³/mol. The maximum Gasteiger partial charge on any atom is 0.213 e. The van der Waals surface area contributed by atoms with Crippen LogP contribution in [0.1, 0.15) is 18.9 Å². The highest BCUT2D eigenvalue weighted by Crippen LogP contribution is 2.19. The minimum absolute atomic E-state index is 0.640. The molecule has 0 radical (unpaired) electrons. The highest BCUT2D eigenvalue weighted by molar-refractivity contribution is 6.31. The van der Waals surface area contributed by atoms with Crippen molar-refractivity contribution >= 4 is 11.6 Å². The van der Waals surface area contributed by atoms with Crippen molar-refractivity contribution in [1.82, 2.24) is 10.3 Å². The summed E-state index contributed by atoms with van der Waals surface area (Å²) in [6.07, 6.45) is 2.60. The summed E-state index contributed by atoms with van der Waals surface area (Å²) in [4.78, 5) is 4.08. The zero-order valence-electron chi connectivity index (χ0n) is 8.51. The van der Waals surface area contributed by atoms with Gasteiger partial charge >= 0.3 is 0 Å². The summed E-state index contributed by atoms with van der Waals surface area (Å²) in [6, 6.07) is 1.87. The van der Waals surface area contributed by atoms with E-state index in [-0.39, 0.29) is 0 Å². The predicted octanol–water partition coefficient (Wildman–Crippen LogP) is 2.24. The standard InChI is InChI=1S/C10H15ClN2O/c1-3-4-14-10-5-8(6-12-2)9(11)7-13-10/h5,7,12H,3-4,6H2,1-2H3. The summed E-state index contributed by atoms with van der Waals surface area (Å²) in [5.41, 5.74) is 1.01. The lowest BCUT2D eigenvalue weighted by Crippen LogP contribution is -2.06. The molecule has 0 fully saturated rings. The monoisotopic (exact) mass is 214 g/mol. The molecular weight excluding hydrogens is 200 g/mol. The van der Waals surface area contributed by atoms with Crippen molar-refractivity contribution in [3.63, 3.8) is 0 Å². The molecule has 0 aromatic carbocycles. The molecule has 0 amide bonds. The van der Waals surface area contributed by atoms with Crippen LogP contribution in [0.15, 0.2) is 12.3 Å². The van der Waals surface area contributed by atoms with Gasteiger partial charge in [-0.05, 0) is 19.0 Å². The molecule has 0 saturated carbocycles. The molecular formula is C10H15ClN2O. The summed E-state index contributed by atoms with van der Waals surface area (Å²) in [5.74, 6) is 0.640. The first kappa shape index (κ1) is 11.3. The Morgan fingerprint density at radius 1 is 1.57 bits per heavy atom. The van der Waals surface area contributed by atoms with Gasteiger partial charge in [-0.2, -0.15) is 0 Å². The molecule has 1 aromatic heterocycles. The topological polar surface area (TPSA) is 34.1 Å². The van der Waals surface area contributed by atoms with Gasteiger partial charge in [0.2, 0.25) is 5.88 Å². The first-order chi connectivity index (χ1) is 6.77. The summed E-state index contributed by atoms with van der Waals surface area (Å²) in [5, 5.41) is 3.71. The quantitative estimate of drug-likeness (QED) is 0.817. The molecule has 0 saturated heterocycles. The summed E-state index contributed by atoms with van der Waals surface area (Å²) < 4.78 is 5.40. The number of nitrogens with zero attached hydrogens (tertiary/aromatic N) is 1. The number of hydrogen-bond donors (Lipinski definition) is 1. The molecule has 0 bridgehead atoms. The fourth-order valence-electron chi connectivity index (χ4n) is 1.07. The van der Waals surface area contributed by atoms with Gasteiger partial charge in [-0.1, -0.05) is 18.5 Å². The molecule has 0 aliphatic rings. The lowest BCUT2D eigenvalue weighted by atomic mass is 10.2. The minimum Gasteiger partial charge on any atom is -0.478 e. The average Bonchev–Trinajstić information content (AvgIpc) is 2.19. The molecule has 78 valence electrons. The zero-order valence-corrected chi connectivity index (χ0v) is 9.27. The van der Waals surface area contributed by atoms with E-state index in [1.54, 1.807) is 6.20 Å². The first-order valence-electron chi connectivity index (χ1n) is 4.69. The molecule has 1 aromatic rings. The van der Waals surface area contributed by atoms with Crippen LogP contribution in [0.25, 0.3) is 0 Å². The van der Waals surface area contributed by atoms with E-state index in [9.17, 15) is 0 Å². The van der Waals surface area contributed by atoms with E-state index in [1.807, 2.05) is 13.1 Å². The molecule has 1 N–H and O–H groups in total. The number of nitrogens with one attached hydrogen (secondary N) is 1. The van der Waals surface area contributed by atoms with Crippen LogP contribution >= 0.6 is 11.6 Å². The van der Waals surface area contributed by atoms with E-state index >= 15 is 0 Å². The second kappa shape index (κ2) is 5.83. The third kappa shape index (κ3) is 3.16. The first-order valence-corrected chi connectivity index (χ1v) is 5.07. The molecule has 0 unspecified atom stereocenters. The van der Waals surface area contributed by atoms with E-state index in [2.05, 4.69) is 17.2 Å². The number of hydrogen-bond acceptors (Lipinski definition) is 3.